The van der Waals surface area contributed by atoms with Gasteiger partial charge in [0, 0.05) is 5.88 Å². The minimum absolute atomic E-state index is 0.636. The van der Waals surface area contributed by atoms with Gasteiger partial charge in [-0.25, -0.2) is 0 Å². The summed E-state index contributed by atoms with van der Waals surface area (Å²) in [4.78, 5) is 0. The van der Waals surface area contributed by atoms with Crippen LogP contribution in [0.25, 0.3) is 0 Å². The van der Waals surface area contributed by atoms with Crippen molar-refractivity contribution < 1.29 is 9.47 Å². The predicted octanol–water partition coefficient (Wildman–Crippen LogP) is 3.09. The van der Waals surface area contributed by atoms with Crippen molar-refractivity contribution in [1.29, 1.82) is 0 Å². The summed E-state index contributed by atoms with van der Waals surface area (Å²) < 4.78 is 10.7. The molecule has 0 N–H and O–H groups in total. The van der Waals surface area contributed by atoms with Gasteiger partial charge >= 0.3 is 0 Å². The molecule has 0 radical (unpaired) electrons. The Bertz CT molecular complexity index is 246. The SMILES string of the molecule is CCOc1ccc(OCCCCl)cc1. The summed E-state index contributed by atoms with van der Waals surface area (Å²) in [6, 6.07) is 7.61. The van der Waals surface area contributed by atoms with Crippen LogP contribution in [0.2, 0.25) is 0 Å². The van der Waals surface area contributed by atoms with Gasteiger partial charge in [0.25, 0.3) is 0 Å². The average molecular weight is 215 g/mol. The zero-order valence-electron chi connectivity index (χ0n) is 8.33. The van der Waals surface area contributed by atoms with Gasteiger partial charge in [0.2, 0.25) is 0 Å². The topological polar surface area (TPSA) is 18.5 Å². The highest BCUT2D eigenvalue weighted by atomic mass is 35.5. The van der Waals surface area contributed by atoms with E-state index in [1.54, 1.807) is 0 Å². The van der Waals surface area contributed by atoms with Crippen LogP contribution in [0.1, 0.15) is 13.3 Å². The van der Waals surface area contributed by atoms with E-state index in [1.165, 1.54) is 0 Å². The quantitative estimate of drug-likeness (QED) is 0.535. The van der Waals surface area contributed by atoms with Crippen molar-refractivity contribution in [2.75, 3.05) is 19.1 Å². The fraction of sp³-hybridized carbons (Fsp3) is 0.455. The van der Waals surface area contributed by atoms with Crippen LogP contribution in [0.3, 0.4) is 0 Å². The summed E-state index contributed by atoms with van der Waals surface area (Å²) in [7, 11) is 0. The molecule has 0 saturated carbocycles. The Morgan fingerprint density at radius 3 is 2.14 bits per heavy atom. The van der Waals surface area contributed by atoms with Crippen LogP contribution in [-0.2, 0) is 0 Å². The molecule has 0 aliphatic heterocycles. The van der Waals surface area contributed by atoms with E-state index in [9.17, 15) is 0 Å². The van der Waals surface area contributed by atoms with Crippen molar-refractivity contribution in [3.63, 3.8) is 0 Å². The maximum atomic E-state index is 5.53. The third-order valence-corrected chi connectivity index (χ3v) is 1.95. The van der Waals surface area contributed by atoms with Gasteiger partial charge in [-0.2, -0.15) is 0 Å². The highest BCUT2D eigenvalue weighted by Gasteiger charge is 1.94. The number of rotatable bonds is 6. The monoisotopic (exact) mass is 214 g/mol. The predicted molar refractivity (Wildman–Crippen MR) is 58.4 cm³/mol. The van der Waals surface area contributed by atoms with E-state index in [1.807, 2.05) is 31.2 Å². The minimum Gasteiger partial charge on any atom is -0.494 e. The third-order valence-electron chi connectivity index (χ3n) is 1.68. The molecule has 1 rings (SSSR count). The van der Waals surface area contributed by atoms with Crippen LogP contribution in [0.5, 0.6) is 11.5 Å². The lowest BCUT2D eigenvalue weighted by Crippen LogP contribution is -1.97. The first-order valence-corrected chi connectivity index (χ1v) is 5.32. The summed E-state index contributed by atoms with van der Waals surface area (Å²) in [5.74, 6) is 2.37. The molecule has 0 aromatic heterocycles. The standard InChI is InChI=1S/C11H15ClO2/c1-2-13-10-4-6-11(7-5-10)14-9-3-8-12/h4-7H,2-3,8-9H2,1H3. The average Bonchev–Trinajstić information content (AvgIpc) is 2.21. The zero-order chi connectivity index (χ0) is 10.2. The fourth-order valence-corrected chi connectivity index (χ4v) is 1.15. The van der Waals surface area contributed by atoms with E-state index >= 15 is 0 Å². The molecule has 0 saturated heterocycles. The van der Waals surface area contributed by atoms with E-state index in [0.717, 1.165) is 17.9 Å². The number of hydrogen-bond donors (Lipinski definition) is 0. The Hall–Kier alpha value is -0.890. The van der Waals surface area contributed by atoms with Crippen LogP contribution in [-0.4, -0.2) is 19.1 Å². The second-order valence-electron chi connectivity index (χ2n) is 2.80. The van der Waals surface area contributed by atoms with Gasteiger partial charge < -0.3 is 9.47 Å². The molecule has 0 aliphatic rings. The molecule has 1 aromatic rings. The highest BCUT2D eigenvalue weighted by molar-refractivity contribution is 6.17. The van der Waals surface area contributed by atoms with Gasteiger partial charge in [0.05, 0.1) is 13.2 Å². The van der Waals surface area contributed by atoms with Gasteiger partial charge in [-0.1, -0.05) is 0 Å². The largest absolute Gasteiger partial charge is 0.494 e. The molecule has 0 aliphatic carbocycles. The zero-order valence-corrected chi connectivity index (χ0v) is 9.09. The van der Waals surface area contributed by atoms with Gasteiger partial charge in [-0.3, -0.25) is 0 Å². The molecule has 0 bridgehead atoms. The molecule has 0 fully saturated rings. The van der Waals surface area contributed by atoms with Crippen molar-refractivity contribution in [2.24, 2.45) is 0 Å². The van der Waals surface area contributed by atoms with Crippen LogP contribution < -0.4 is 9.47 Å². The summed E-state index contributed by atoms with van der Waals surface area (Å²) >= 11 is 5.53. The fourth-order valence-electron chi connectivity index (χ4n) is 1.04. The van der Waals surface area contributed by atoms with Gasteiger partial charge in [-0.15, -0.1) is 11.6 Å². The maximum Gasteiger partial charge on any atom is 0.119 e. The van der Waals surface area contributed by atoms with Crippen LogP contribution in [0.15, 0.2) is 24.3 Å². The van der Waals surface area contributed by atoms with Gasteiger partial charge in [-0.05, 0) is 37.6 Å². The van der Waals surface area contributed by atoms with E-state index in [-0.39, 0.29) is 0 Å². The Morgan fingerprint density at radius 1 is 1.07 bits per heavy atom. The van der Waals surface area contributed by atoms with Crippen molar-refractivity contribution in [2.45, 2.75) is 13.3 Å². The molecule has 0 atom stereocenters. The second kappa shape index (κ2) is 6.55. The third kappa shape index (κ3) is 3.88. The lowest BCUT2D eigenvalue weighted by atomic mass is 10.3. The van der Waals surface area contributed by atoms with Crippen molar-refractivity contribution in [1.82, 2.24) is 0 Å². The lowest BCUT2D eigenvalue weighted by molar-refractivity contribution is 0.315. The van der Waals surface area contributed by atoms with Crippen LogP contribution in [0.4, 0.5) is 0 Å². The first-order valence-electron chi connectivity index (χ1n) is 4.78. The van der Waals surface area contributed by atoms with Crippen LogP contribution in [0, 0.1) is 0 Å². The molecule has 0 amide bonds. The van der Waals surface area contributed by atoms with E-state index in [4.69, 9.17) is 21.1 Å². The smallest absolute Gasteiger partial charge is 0.119 e. The Balaban J connectivity index is 2.38. The lowest BCUT2D eigenvalue weighted by Gasteiger charge is -2.06. The van der Waals surface area contributed by atoms with Crippen molar-refractivity contribution in [3.05, 3.63) is 24.3 Å². The molecule has 2 nitrogen and oxygen atoms in total. The second-order valence-corrected chi connectivity index (χ2v) is 3.17. The summed E-state index contributed by atoms with van der Waals surface area (Å²) in [5.41, 5.74) is 0. The number of ether oxygens (including phenoxy) is 2. The maximum absolute atomic E-state index is 5.53. The van der Waals surface area contributed by atoms with E-state index in [2.05, 4.69) is 0 Å². The van der Waals surface area contributed by atoms with Crippen molar-refractivity contribution in [3.8, 4) is 11.5 Å². The molecule has 78 valence electrons. The molecule has 1 aromatic carbocycles. The Morgan fingerprint density at radius 2 is 1.64 bits per heavy atom. The highest BCUT2D eigenvalue weighted by Crippen LogP contribution is 2.17. The van der Waals surface area contributed by atoms with Crippen molar-refractivity contribution >= 4 is 11.6 Å². The first kappa shape index (κ1) is 11.2. The molecule has 3 heteroatoms. The van der Waals surface area contributed by atoms with Crippen LogP contribution >= 0.6 is 11.6 Å². The number of halogens is 1. The molecule has 0 unspecified atom stereocenters. The number of alkyl halides is 1. The van der Waals surface area contributed by atoms with E-state index < -0.39 is 0 Å². The Labute approximate surface area is 89.8 Å². The Kier molecular flexibility index (Phi) is 5.23. The summed E-state index contributed by atoms with van der Waals surface area (Å²) in [6.07, 6.45) is 0.870. The van der Waals surface area contributed by atoms with Gasteiger partial charge in [0.1, 0.15) is 11.5 Å². The molecular formula is C11H15ClO2. The summed E-state index contributed by atoms with van der Waals surface area (Å²) in [6.45, 7) is 3.31. The molecule has 0 spiro atoms. The normalized spacial score (nSPS) is 9.86. The van der Waals surface area contributed by atoms with E-state index in [0.29, 0.717) is 19.1 Å². The van der Waals surface area contributed by atoms with Gasteiger partial charge in [0.15, 0.2) is 0 Å². The molecule has 14 heavy (non-hydrogen) atoms. The summed E-state index contributed by atoms with van der Waals surface area (Å²) in [5, 5.41) is 0. The number of benzene rings is 1. The number of hydrogen-bond acceptors (Lipinski definition) is 2. The first-order chi connectivity index (χ1) is 6.86. The minimum atomic E-state index is 0.636. The molecular weight excluding hydrogens is 200 g/mol. The molecule has 0 heterocycles.